The zero-order valence-electron chi connectivity index (χ0n) is 8.13. The zero-order chi connectivity index (χ0) is 11.9. The predicted molar refractivity (Wildman–Crippen MR) is 51.4 cm³/mol. The smallest absolute Gasteiger partial charge is 0.337 e. The van der Waals surface area contributed by atoms with Gasteiger partial charge in [-0.3, -0.25) is 4.79 Å². The van der Waals surface area contributed by atoms with E-state index in [1.807, 2.05) is 0 Å². The third kappa shape index (κ3) is 1.45. The number of hydrogen-bond donors (Lipinski definition) is 0. The fraction of sp³-hybridized carbons (Fsp3) is 0.111. The van der Waals surface area contributed by atoms with E-state index in [9.17, 15) is 18.0 Å². The van der Waals surface area contributed by atoms with E-state index in [-0.39, 0.29) is 16.0 Å². The Morgan fingerprint density at radius 3 is 2.69 bits per heavy atom. The van der Waals surface area contributed by atoms with Gasteiger partial charge in [0.15, 0.2) is 0 Å². The monoisotopic (exact) mass is 240 g/mol. The Morgan fingerprint density at radius 1 is 1.38 bits per heavy atom. The topological polar surface area (TPSA) is 91.6 Å². The molecule has 0 atom stereocenters. The molecule has 0 bridgehead atoms. The van der Waals surface area contributed by atoms with Crippen LogP contribution in [0.1, 0.15) is 20.7 Å². The van der Waals surface area contributed by atoms with Crippen molar-refractivity contribution in [3.8, 4) is 0 Å². The zero-order valence-corrected chi connectivity index (χ0v) is 8.95. The van der Waals surface area contributed by atoms with Gasteiger partial charge in [-0.2, -0.15) is 8.42 Å². The molecule has 1 radical (unpaired) electrons. The first kappa shape index (κ1) is 10.6. The Labute approximate surface area is 91.3 Å². The summed E-state index contributed by atoms with van der Waals surface area (Å²) in [4.78, 5) is 22.1. The highest BCUT2D eigenvalue weighted by Crippen LogP contribution is 2.24. The minimum absolute atomic E-state index is 0.0207. The molecule has 1 amide bonds. The Hall–Kier alpha value is -1.89. The van der Waals surface area contributed by atoms with Crippen LogP contribution in [-0.2, 0) is 14.8 Å². The molecular weight excluding hydrogens is 234 g/mol. The number of amides is 1. The van der Waals surface area contributed by atoms with E-state index >= 15 is 0 Å². The predicted octanol–water partition coefficient (Wildman–Crippen LogP) is -0.0799. The van der Waals surface area contributed by atoms with Crippen molar-refractivity contribution in [1.82, 2.24) is 4.72 Å². The second kappa shape index (κ2) is 3.31. The molecular formula is C9H6NO5S. The van der Waals surface area contributed by atoms with Gasteiger partial charge in [-0.15, -0.1) is 4.72 Å². The molecule has 0 saturated heterocycles. The maximum Gasteiger partial charge on any atom is 0.337 e. The summed E-state index contributed by atoms with van der Waals surface area (Å²) >= 11 is 0. The Bertz CT molecular complexity index is 590. The van der Waals surface area contributed by atoms with Crippen LogP contribution in [0.3, 0.4) is 0 Å². The van der Waals surface area contributed by atoms with Gasteiger partial charge in [0.05, 0.1) is 18.2 Å². The van der Waals surface area contributed by atoms with E-state index in [1.54, 1.807) is 0 Å². The average Bonchev–Trinajstić information content (AvgIpc) is 2.48. The lowest BCUT2D eigenvalue weighted by Crippen LogP contribution is -2.12. The molecule has 1 aliphatic heterocycles. The second-order valence-corrected chi connectivity index (χ2v) is 4.65. The minimum atomic E-state index is -3.95. The lowest BCUT2D eigenvalue weighted by Gasteiger charge is -2.00. The number of sulfonamides is 1. The molecule has 0 aromatic heterocycles. The van der Waals surface area contributed by atoms with Crippen LogP contribution in [0.15, 0.2) is 23.1 Å². The number of esters is 1. The number of rotatable bonds is 1. The van der Waals surface area contributed by atoms with Crippen LogP contribution in [0.2, 0.25) is 0 Å². The summed E-state index contributed by atoms with van der Waals surface area (Å²) in [5.74, 6) is -1.48. The first-order valence-electron chi connectivity index (χ1n) is 4.20. The molecule has 1 aliphatic rings. The molecule has 6 nitrogen and oxygen atoms in total. The third-order valence-electron chi connectivity index (χ3n) is 2.11. The fourth-order valence-corrected chi connectivity index (χ4v) is 2.49. The highest BCUT2D eigenvalue weighted by atomic mass is 32.2. The number of carbonyl (C=O) groups is 2. The Morgan fingerprint density at radius 2 is 2.06 bits per heavy atom. The minimum Gasteiger partial charge on any atom is -0.465 e. The van der Waals surface area contributed by atoms with Gasteiger partial charge in [-0.25, -0.2) is 4.79 Å². The van der Waals surface area contributed by atoms with Gasteiger partial charge in [0, 0.05) is 0 Å². The van der Waals surface area contributed by atoms with Crippen LogP contribution in [-0.4, -0.2) is 27.4 Å². The molecule has 0 unspecified atom stereocenters. The number of methoxy groups -OCH3 is 1. The van der Waals surface area contributed by atoms with Gasteiger partial charge in [-0.05, 0) is 18.2 Å². The quantitative estimate of drug-likeness (QED) is 0.640. The molecule has 7 heteroatoms. The van der Waals surface area contributed by atoms with Gasteiger partial charge in [0.25, 0.3) is 15.9 Å². The Balaban J connectivity index is 2.64. The molecule has 0 spiro atoms. The second-order valence-electron chi connectivity index (χ2n) is 3.07. The lowest BCUT2D eigenvalue weighted by molar-refractivity contribution is 0.0600. The summed E-state index contributed by atoms with van der Waals surface area (Å²) < 4.78 is 30.2. The van der Waals surface area contributed by atoms with Crippen LogP contribution in [0, 0.1) is 0 Å². The van der Waals surface area contributed by atoms with E-state index < -0.39 is 21.9 Å². The van der Waals surface area contributed by atoms with Crippen LogP contribution in [0.4, 0.5) is 0 Å². The summed E-state index contributed by atoms with van der Waals surface area (Å²) in [6, 6.07) is 3.65. The van der Waals surface area contributed by atoms with Crippen LogP contribution in [0.25, 0.3) is 0 Å². The van der Waals surface area contributed by atoms with Crippen molar-refractivity contribution in [1.29, 1.82) is 0 Å². The number of fused-ring (bicyclic) bond motifs is 1. The van der Waals surface area contributed by atoms with E-state index in [0.717, 1.165) is 6.07 Å². The maximum absolute atomic E-state index is 11.4. The molecule has 1 heterocycles. The Kier molecular flexibility index (Phi) is 2.20. The van der Waals surface area contributed by atoms with E-state index in [4.69, 9.17) is 0 Å². The van der Waals surface area contributed by atoms with Crippen molar-refractivity contribution in [3.63, 3.8) is 0 Å². The van der Waals surface area contributed by atoms with Gasteiger partial charge < -0.3 is 4.74 Å². The van der Waals surface area contributed by atoms with Gasteiger partial charge in [0.2, 0.25) is 0 Å². The molecule has 0 N–H and O–H groups in total. The van der Waals surface area contributed by atoms with Crippen molar-refractivity contribution in [2.75, 3.05) is 7.11 Å². The molecule has 16 heavy (non-hydrogen) atoms. The molecule has 83 valence electrons. The SMILES string of the molecule is COC(=O)c1ccc2c(c1)S(=O)(=O)[N]C2=O. The van der Waals surface area contributed by atoms with Crippen molar-refractivity contribution in [2.45, 2.75) is 4.90 Å². The van der Waals surface area contributed by atoms with Crippen molar-refractivity contribution < 1.29 is 22.7 Å². The largest absolute Gasteiger partial charge is 0.465 e. The maximum atomic E-state index is 11.4. The summed E-state index contributed by atoms with van der Waals surface area (Å²) in [5, 5.41) is 0. The van der Waals surface area contributed by atoms with E-state index in [2.05, 4.69) is 9.46 Å². The molecule has 1 aromatic rings. The first-order valence-corrected chi connectivity index (χ1v) is 5.64. The van der Waals surface area contributed by atoms with Crippen LogP contribution in [0.5, 0.6) is 0 Å². The summed E-state index contributed by atoms with van der Waals surface area (Å²) in [6.45, 7) is 0. The molecule has 2 rings (SSSR count). The summed E-state index contributed by atoms with van der Waals surface area (Å²) in [7, 11) is -2.77. The van der Waals surface area contributed by atoms with E-state index in [0.29, 0.717) is 0 Å². The van der Waals surface area contributed by atoms with E-state index in [1.165, 1.54) is 19.2 Å². The number of hydrogen-bond acceptors (Lipinski definition) is 5. The average molecular weight is 240 g/mol. The van der Waals surface area contributed by atoms with Gasteiger partial charge in [0.1, 0.15) is 4.90 Å². The number of benzene rings is 1. The molecule has 0 aliphatic carbocycles. The van der Waals surface area contributed by atoms with Gasteiger partial charge >= 0.3 is 5.97 Å². The molecule has 1 aromatic carbocycles. The highest BCUT2D eigenvalue weighted by Gasteiger charge is 2.35. The fourth-order valence-electron chi connectivity index (χ4n) is 1.36. The first-order chi connectivity index (χ1) is 7.45. The van der Waals surface area contributed by atoms with Crippen molar-refractivity contribution >= 4 is 21.9 Å². The van der Waals surface area contributed by atoms with Crippen molar-refractivity contribution in [2.24, 2.45) is 0 Å². The summed E-state index contributed by atoms with van der Waals surface area (Å²) in [5.41, 5.74) is 0.0439. The third-order valence-corrected chi connectivity index (χ3v) is 3.41. The number of nitrogens with zero attached hydrogens (tertiary/aromatic N) is 1. The summed E-state index contributed by atoms with van der Waals surface area (Å²) in [6.07, 6.45) is 0. The highest BCUT2D eigenvalue weighted by molar-refractivity contribution is 7.90. The standard InChI is InChI=1S/C9H6NO5S/c1-15-9(12)5-2-3-6-7(4-5)16(13,14)10-8(6)11/h2-4H,1H3. The van der Waals surface area contributed by atoms with Crippen LogP contribution >= 0.6 is 0 Å². The molecule has 0 saturated carbocycles. The lowest BCUT2D eigenvalue weighted by atomic mass is 10.1. The number of ether oxygens (including phenoxy) is 1. The normalized spacial score (nSPS) is 16.4. The van der Waals surface area contributed by atoms with Crippen molar-refractivity contribution in [3.05, 3.63) is 29.3 Å². The number of carbonyl (C=O) groups excluding carboxylic acids is 2. The molecule has 0 fully saturated rings. The van der Waals surface area contributed by atoms with Gasteiger partial charge in [-0.1, -0.05) is 0 Å². The van der Waals surface area contributed by atoms with Crippen LogP contribution < -0.4 is 4.72 Å².